The number of aromatic hydroxyl groups is 1. The van der Waals surface area contributed by atoms with E-state index in [-0.39, 0.29) is 17.9 Å². The van der Waals surface area contributed by atoms with Crippen molar-refractivity contribution < 1.29 is 19.1 Å². The molecule has 0 fully saturated rings. The minimum Gasteiger partial charge on any atom is -0.507 e. The number of nitrogens with zero attached hydrogens (tertiary/aromatic N) is 1. The molecule has 0 aliphatic rings. The van der Waals surface area contributed by atoms with Gasteiger partial charge in [-0.15, -0.1) is 0 Å². The van der Waals surface area contributed by atoms with Gasteiger partial charge in [0.05, 0.1) is 12.8 Å². The molecule has 0 saturated carbocycles. The summed E-state index contributed by atoms with van der Waals surface area (Å²) in [6, 6.07) is 9.47. The van der Waals surface area contributed by atoms with Crippen LogP contribution in [0.3, 0.4) is 0 Å². The van der Waals surface area contributed by atoms with Crippen molar-refractivity contribution in [3.63, 3.8) is 0 Å². The number of amides is 2. The highest BCUT2D eigenvalue weighted by atomic mass is 35.5. The summed E-state index contributed by atoms with van der Waals surface area (Å²) < 4.78 is 13.0. The molecule has 0 aromatic heterocycles. The molecule has 2 aromatic rings. The molecule has 0 aliphatic heterocycles. The third-order valence-corrected chi connectivity index (χ3v) is 3.11. The fourth-order valence-corrected chi connectivity index (χ4v) is 1.92. The van der Waals surface area contributed by atoms with Crippen LogP contribution in [0.2, 0.25) is 5.02 Å². The fraction of sp³-hybridized carbons (Fsp3) is 0.0625. The number of benzene rings is 2. The molecule has 0 spiro atoms. The van der Waals surface area contributed by atoms with E-state index in [0.717, 1.165) is 6.07 Å². The fourth-order valence-electron chi connectivity index (χ4n) is 1.73. The summed E-state index contributed by atoms with van der Waals surface area (Å²) in [5, 5.41) is 16.0. The molecular weight excluding hydrogens is 337 g/mol. The van der Waals surface area contributed by atoms with Crippen LogP contribution in [-0.2, 0) is 4.79 Å². The molecule has 0 bridgehead atoms. The summed E-state index contributed by atoms with van der Waals surface area (Å²) in [6.45, 7) is -0.339. The number of carbonyl (C=O) groups excluding carboxylic acids is 2. The number of carbonyl (C=O) groups is 2. The smallest absolute Gasteiger partial charge is 0.259 e. The summed E-state index contributed by atoms with van der Waals surface area (Å²) in [7, 11) is 0. The molecule has 0 atom stereocenters. The molecule has 6 nitrogen and oxygen atoms in total. The lowest BCUT2D eigenvalue weighted by Gasteiger charge is -2.04. The van der Waals surface area contributed by atoms with Crippen LogP contribution in [0.1, 0.15) is 15.9 Å². The number of hydrazone groups is 1. The zero-order valence-electron chi connectivity index (χ0n) is 12.3. The van der Waals surface area contributed by atoms with Gasteiger partial charge >= 0.3 is 0 Å². The molecule has 2 amide bonds. The van der Waals surface area contributed by atoms with Crippen molar-refractivity contribution >= 4 is 29.6 Å². The van der Waals surface area contributed by atoms with Crippen LogP contribution >= 0.6 is 11.6 Å². The largest absolute Gasteiger partial charge is 0.507 e. The average molecular weight is 350 g/mol. The topological polar surface area (TPSA) is 90.8 Å². The number of phenols is 1. The predicted octanol–water partition coefficient (Wildman–Crippen LogP) is 2.06. The predicted molar refractivity (Wildman–Crippen MR) is 87.6 cm³/mol. The maximum atomic E-state index is 13.0. The van der Waals surface area contributed by atoms with Crippen LogP contribution in [0, 0.1) is 5.82 Å². The van der Waals surface area contributed by atoms with E-state index in [9.17, 15) is 19.1 Å². The van der Waals surface area contributed by atoms with Crippen LogP contribution in [0.15, 0.2) is 47.6 Å². The van der Waals surface area contributed by atoms with E-state index in [2.05, 4.69) is 15.8 Å². The first-order valence-corrected chi connectivity index (χ1v) is 7.17. The maximum absolute atomic E-state index is 13.0. The Bertz CT molecular complexity index is 796. The van der Waals surface area contributed by atoms with Gasteiger partial charge in [-0.05, 0) is 36.4 Å². The molecular formula is C16H13ClFN3O3. The van der Waals surface area contributed by atoms with Crippen LogP contribution in [0.25, 0.3) is 0 Å². The van der Waals surface area contributed by atoms with Crippen molar-refractivity contribution in [2.45, 2.75) is 0 Å². The second kappa shape index (κ2) is 8.07. The molecule has 0 aliphatic carbocycles. The van der Waals surface area contributed by atoms with Gasteiger partial charge in [0.25, 0.3) is 11.8 Å². The zero-order chi connectivity index (χ0) is 17.5. The summed E-state index contributed by atoms with van der Waals surface area (Å²) >= 11 is 5.78. The van der Waals surface area contributed by atoms with Gasteiger partial charge in [-0.1, -0.05) is 17.7 Å². The van der Waals surface area contributed by atoms with E-state index < -0.39 is 17.6 Å². The van der Waals surface area contributed by atoms with Crippen molar-refractivity contribution in [2.24, 2.45) is 5.10 Å². The number of hydrogen-bond donors (Lipinski definition) is 3. The van der Waals surface area contributed by atoms with E-state index in [1.807, 2.05) is 0 Å². The number of phenolic OH excluding ortho intramolecular Hbond substituents is 1. The Morgan fingerprint density at radius 2 is 2.04 bits per heavy atom. The van der Waals surface area contributed by atoms with Crippen molar-refractivity contribution in [3.8, 4) is 5.75 Å². The second-order valence-corrected chi connectivity index (χ2v) is 5.13. The van der Waals surface area contributed by atoms with Gasteiger partial charge in [-0.25, -0.2) is 9.82 Å². The van der Waals surface area contributed by atoms with Gasteiger partial charge in [-0.3, -0.25) is 9.59 Å². The van der Waals surface area contributed by atoms with Gasteiger partial charge in [-0.2, -0.15) is 5.10 Å². The number of nitrogens with one attached hydrogen (secondary N) is 2. The second-order valence-electron chi connectivity index (χ2n) is 4.69. The Morgan fingerprint density at radius 1 is 1.25 bits per heavy atom. The molecule has 24 heavy (non-hydrogen) atoms. The summed E-state index contributed by atoms with van der Waals surface area (Å²) in [6.07, 6.45) is 1.22. The van der Waals surface area contributed by atoms with Gasteiger partial charge in [0.15, 0.2) is 0 Å². The van der Waals surface area contributed by atoms with E-state index in [0.29, 0.717) is 10.6 Å². The van der Waals surface area contributed by atoms with Crippen molar-refractivity contribution in [1.29, 1.82) is 0 Å². The molecule has 0 saturated heterocycles. The van der Waals surface area contributed by atoms with Crippen LogP contribution < -0.4 is 10.7 Å². The van der Waals surface area contributed by atoms with E-state index in [1.165, 1.54) is 42.6 Å². The maximum Gasteiger partial charge on any atom is 0.259 e. The molecule has 2 rings (SSSR count). The van der Waals surface area contributed by atoms with Gasteiger partial charge < -0.3 is 10.4 Å². The molecule has 3 N–H and O–H groups in total. The summed E-state index contributed by atoms with van der Waals surface area (Å²) in [5.41, 5.74) is 2.62. The standard InChI is InChI=1S/C16H13ClFN3O3/c17-12-4-5-14(22)11(6-12)8-20-21-15(23)9-19-16(24)10-2-1-3-13(18)7-10/h1-8,22H,9H2,(H,19,24)(H,21,23)/b20-8+. The zero-order valence-corrected chi connectivity index (χ0v) is 13.0. The summed E-state index contributed by atoms with van der Waals surface area (Å²) in [4.78, 5) is 23.3. The number of rotatable bonds is 5. The molecule has 2 aromatic carbocycles. The van der Waals surface area contributed by atoms with Crippen LogP contribution in [0.5, 0.6) is 5.75 Å². The van der Waals surface area contributed by atoms with Crippen LogP contribution in [-0.4, -0.2) is 29.7 Å². The Hall–Kier alpha value is -2.93. The highest BCUT2D eigenvalue weighted by molar-refractivity contribution is 6.30. The van der Waals surface area contributed by atoms with Crippen molar-refractivity contribution in [3.05, 3.63) is 64.4 Å². The first-order chi connectivity index (χ1) is 11.5. The average Bonchev–Trinajstić information content (AvgIpc) is 2.56. The first-order valence-electron chi connectivity index (χ1n) is 6.80. The van der Waals surface area contributed by atoms with Crippen LogP contribution in [0.4, 0.5) is 4.39 Å². The highest BCUT2D eigenvalue weighted by Gasteiger charge is 2.08. The normalized spacial score (nSPS) is 10.6. The van der Waals surface area contributed by atoms with E-state index in [1.54, 1.807) is 0 Å². The quantitative estimate of drug-likeness (QED) is 0.570. The third kappa shape index (κ3) is 5.06. The molecule has 0 unspecified atom stereocenters. The van der Waals surface area contributed by atoms with Crippen molar-refractivity contribution in [2.75, 3.05) is 6.54 Å². The first kappa shape index (κ1) is 17.4. The van der Waals surface area contributed by atoms with Crippen molar-refractivity contribution in [1.82, 2.24) is 10.7 Å². The molecule has 0 heterocycles. The Balaban J connectivity index is 1.84. The Kier molecular flexibility index (Phi) is 5.86. The third-order valence-electron chi connectivity index (χ3n) is 2.88. The van der Waals surface area contributed by atoms with Gasteiger partial charge in [0, 0.05) is 16.1 Å². The summed E-state index contributed by atoms with van der Waals surface area (Å²) in [5.74, 6) is -1.76. The minimum atomic E-state index is -0.586. The van der Waals surface area contributed by atoms with E-state index >= 15 is 0 Å². The monoisotopic (exact) mass is 349 g/mol. The number of halogens is 2. The SMILES string of the molecule is O=C(CNC(=O)c1cccc(F)c1)N/N=C/c1cc(Cl)ccc1O. The highest BCUT2D eigenvalue weighted by Crippen LogP contribution is 2.19. The lowest BCUT2D eigenvalue weighted by molar-refractivity contribution is -0.120. The molecule has 8 heteroatoms. The Labute approximate surface area is 141 Å². The molecule has 124 valence electrons. The van der Waals surface area contributed by atoms with E-state index in [4.69, 9.17) is 11.6 Å². The number of hydrogen-bond acceptors (Lipinski definition) is 4. The molecule has 0 radical (unpaired) electrons. The van der Waals surface area contributed by atoms with Gasteiger partial charge in [0.1, 0.15) is 11.6 Å². The lowest BCUT2D eigenvalue weighted by Crippen LogP contribution is -2.34. The van der Waals surface area contributed by atoms with Gasteiger partial charge in [0.2, 0.25) is 0 Å². The Morgan fingerprint density at radius 3 is 2.79 bits per heavy atom. The minimum absolute atomic E-state index is 0.0446. The lowest BCUT2D eigenvalue weighted by atomic mass is 10.2.